The molecule has 158 valence electrons. The van der Waals surface area contributed by atoms with Gasteiger partial charge in [-0.1, -0.05) is 13.0 Å². The molecule has 5 rings (SSSR count). The van der Waals surface area contributed by atoms with E-state index in [-0.39, 0.29) is 5.41 Å². The lowest BCUT2D eigenvalue weighted by molar-refractivity contribution is -0.127. The Bertz CT molecular complexity index is 1030. The number of carbonyl (C=O) groups excluding carboxylic acids is 1. The lowest BCUT2D eigenvalue weighted by atomic mass is 9.55. The Hall–Kier alpha value is -2.36. The predicted molar refractivity (Wildman–Crippen MR) is 119 cm³/mol. The average molecular weight is 405 g/mol. The minimum atomic E-state index is -0.203. The summed E-state index contributed by atoms with van der Waals surface area (Å²) in [6, 6.07) is 6.61. The second-order valence-electron chi connectivity index (χ2n) is 9.66. The van der Waals surface area contributed by atoms with Gasteiger partial charge in [-0.05, 0) is 98.6 Å². The summed E-state index contributed by atoms with van der Waals surface area (Å²) in [5.41, 5.74) is 5.87. The number of ether oxygens (including phenoxy) is 1. The first-order chi connectivity index (χ1) is 14.4. The Kier molecular flexibility index (Phi) is 4.64. The van der Waals surface area contributed by atoms with E-state index in [1.807, 2.05) is 11.6 Å². The van der Waals surface area contributed by atoms with Crippen LogP contribution in [0, 0.1) is 24.2 Å². The molecule has 2 saturated carbocycles. The zero-order valence-corrected chi connectivity index (χ0v) is 18.6. The van der Waals surface area contributed by atoms with Crippen LogP contribution in [-0.4, -0.2) is 22.7 Å². The molecule has 0 bridgehead atoms. The SMILES string of the molecule is CCn1cc(/C=C2\C[C@@H]3[C@@H]4CCc5cc(OC)ccc5[C@@H]4CC[C@@]3(C)C2=O)c(C)n1. The van der Waals surface area contributed by atoms with E-state index in [1.165, 1.54) is 17.5 Å². The van der Waals surface area contributed by atoms with Gasteiger partial charge in [0, 0.05) is 23.7 Å². The fourth-order valence-corrected chi connectivity index (χ4v) is 6.51. The third-order valence-electron chi connectivity index (χ3n) is 8.21. The zero-order valence-electron chi connectivity index (χ0n) is 18.6. The standard InChI is InChI=1S/C26H32N2O2/c1-5-28-15-19(16(2)27-28)12-18-14-24-23-8-6-17-13-20(30-4)7-9-21(17)22(23)10-11-26(24,3)25(18)29/h7,9,12-13,15,22-24H,5-6,8,10-11,14H2,1-4H3/b18-12+/t22-,23+,24+,26+/m0/s1. The molecule has 0 amide bonds. The number of carbonyl (C=O) groups is 1. The Balaban J connectivity index is 1.47. The van der Waals surface area contributed by atoms with Crippen LogP contribution in [-0.2, 0) is 17.8 Å². The van der Waals surface area contributed by atoms with Gasteiger partial charge < -0.3 is 4.74 Å². The van der Waals surface area contributed by atoms with Crippen LogP contribution in [0.15, 0.2) is 30.0 Å². The molecule has 0 radical (unpaired) electrons. The van der Waals surface area contributed by atoms with E-state index >= 15 is 0 Å². The summed E-state index contributed by atoms with van der Waals surface area (Å²) < 4.78 is 7.40. The number of nitrogens with zero attached hydrogens (tertiary/aromatic N) is 2. The van der Waals surface area contributed by atoms with Crippen molar-refractivity contribution in [3.63, 3.8) is 0 Å². The summed E-state index contributed by atoms with van der Waals surface area (Å²) in [4.78, 5) is 13.5. The summed E-state index contributed by atoms with van der Waals surface area (Å²) in [5, 5.41) is 4.56. The highest BCUT2D eigenvalue weighted by atomic mass is 16.5. The summed E-state index contributed by atoms with van der Waals surface area (Å²) in [6.07, 6.45) is 9.51. The van der Waals surface area contributed by atoms with Crippen LogP contribution in [0.5, 0.6) is 5.75 Å². The van der Waals surface area contributed by atoms with Crippen LogP contribution < -0.4 is 4.74 Å². The van der Waals surface area contributed by atoms with Crippen LogP contribution in [0.4, 0.5) is 0 Å². The van der Waals surface area contributed by atoms with Gasteiger partial charge in [0.05, 0.1) is 12.8 Å². The lowest BCUT2D eigenvalue weighted by Gasteiger charge is -2.48. The van der Waals surface area contributed by atoms with Crippen LogP contribution in [0.3, 0.4) is 0 Å². The summed E-state index contributed by atoms with van der Waals surface area (Å²) in [7, 11) is 1.74. The summed E-state index contributed by atoms with van der Waals surface area (Å²) in [5.74, 6) is 2.97. The highest BCUT2D eigenvalue weighted by Crippen LogP contribution is 2.60. The Morgan fingerprint density at radius 1 is 1.33 bits per heavy atom. The molecule has 0 unspecified atom stereocenters. The maximum atomic E-state index is 13.5. The fraction of sp³-hybridized carbons (Fsp3) is 0.538. The smallest absolute Gasteiger partial charge is 0.165 e. The van der Waals surface area contributed by atoms with E-state index in [2.05, 4.69) is 49.4 Å². The molecule has 1 aromatic carbocycles. The number of aromatic nitrogens is 2. The number of hydrogen-bond acceptors (Lipinski definition) is 3. The minimum absolute atomic E-state index is 0.203. The van der Waals surface area contributed by atoms with Gasteiger partial charge in [-0.15, -0.1) is 0 Å². The van der Waals surface area contributed by atoms with Crippen molar-refractivity contribution >= 4 is 11.9 Å². The molecule has 0 spiro atoms. The van der Waals surface area contributed by atoms with Crippen LogP contribution in [0.1, 0.15) is 67.8 Å². The molecule has 2 fully saturated rings. The van der Waals surface area contributed by atoms with Gasteiger partial charge in [-0.2, -0.15) is 5.10 Å². The van der Waals surface area contributed by atoms with E-state index in [4.69, 9.17) is 4.74 Å². The summed E-state index contributed by atoms with van der Waals surface area (Å²) in [6.45, 7) is 7.22. The molecule has 2 aromatic rings. The van der Waals surface area contributed by atoms with Crippen LogP contribution in [0.25, 0.3) is 6.08 Å². The lowest BCUT2D eigenvalue weighted by Crippen LogP contribution is -2.42. The number of aryl methyl sites for hydroxylation is 3. The summed E-state index contributed by atoms with van der Waals surface area (Å²) >= 11 is 0. The van der Waals surface area contributed by atoms with Crippen molar-refractivity contribution in [3.8, 4) is 5.75 Å². The van der Waals surface area contributed by atoms with Gasteiger partial charge in [0.2, 0.25) is 0 Å². The third kappa shape index (κ3) is 2.87. The molecular formula is C26H32N2O2. The molecule has 0 N–H and O–H groups in total. The number of fused-ring (bicyclic) bond motifs is 5. The molecule has 1 heterocycles. The maximum Gasteiger partial charge on any atom is 0.165 e. The first-order valence-corrected chi connectivity index (χ1v) is 11.4. The topological polar surface area (TPSA) is 44.1 Å². The van der Waals surface area contributed by atoms with Crippen molar-refractivity contribution in [2.75, 3.05) is 7.11 Å². The zero-order chi connectivity index (χ0) is 21.0. The van der Waals surface area contributed by atoms with E-state index in [0.29, 0.717) is 23.5 Å². The normalized spacial score (nSPS) is 31.4. The predicted octanol–water partition coefficient (Wildman–Crippen LogP) is 5.34. The first kappa shape index (κ1) is 19.6. The van der Waals surface area contributed by atoms with Gasteiger partial charge in [0.1, 0.15) is 5.75 Å². The molecule has 3 aliphatic carbocycles. The highest BCUT2D eigenvalue weighted by Gasteiger charge is 2.56. The van der Waals surface area contributed by atoms with Crippen molar-refractivity contribution in [3.05, 3.63) is 52.4 Å². The Morgan fingerprint density at radius 2 is 2.17 bits per heavy atom. The van der Waals surface area contributed by atoms with Crippen molar-refractivity contribution in [1.29, 1.82) is 0 Å². The fourth-order valence-electron chi connectivity index (χ4n) is 6.51. The monoisotopic (exact) mass is 404 g/mol. The van der Waals surface area contributed by atoms with Crippen LogP contribution >= 0.6 is 0 Å². The number of Topliss-reactive ketones (excluding diaryl/α,β-unsaturated/α-hetero) is 1. The molecule has 4 atom stereocenters. The number of allylic oxidation sites excluding steroid dienone is 1. The largest absolute Gasteiger partial charge is 0.497 e. The van der Waals surface area contributed by atoms with Crippen molar-refractivity contribution in [1.82, 2.24) is 9.78 Å². The number of hydrogen-bond donors (Lipinski definition) is 0. The van der Waals surface area contributed by atoms with Crippen molar-refractivity contribution in [2.45, 2.75) is 65.3 Å². The highest BCUT2D eigenvalue weighted by molar-refractivity contribution is 6.06. The number of methoxy groups -OCH3 is 1. The minimum Gasteiger partial charge on any atom is -0.497 e. The van der Waals surface area contributed by atoms with Gasteiger partial charge in [-0.3, -0.25) is 9.48 Å². The molecule has 1 aromatic heterocycles. The van der Waals surface area contributed by atoms with Crippen molar-refractivity contribution < 1.29 is 9.53 Å². The van der Waals surface area contributed by atoms with E-state index in [9.17, 15) is 4.79 Å². The second kappa shape index (κ2) is 7.11. The first-order valence-electron chi connectivity index (χ1n) is 11.4. The average Bonchev–Trinajstić information content (AvgIpc) is 3.24. The van der Waals surface area contributed by atoms with E-state index in [1.54, 1.807) is 7.11 Å². The van der Waals surface area contributed by atoms with Gasteiger partial charge in [0.25, 0.3) is 0 Å². The Labute approximate surface area is 179 Å². The van der Waals surface area contributed by atoms with Gasteiger partial charge >= 0.3 is 0 Å². The Morgan fingerprint density at radius 3 is 2.90 bits per heavy atom. The molecule has 4 nitrogen and oxygen atoms in total. The molecule has 30 heavy (non-hydrogen) atoms. The molecule has 0 aliphatic heterocycles. The molecule has 4 heteroatoms. The quantitative estimate of drug-likeness (QED) is 0.649. The maximum absolute atomic E-state index is 13.5. The molecule has 0 saturated heterocycles. The third-order valence-corrected chi connectivity index (χ3v) is 8.21. The number of benzene rings is 1. The van der Waals surface area contributed by atoms with Crippen LogP contribution in [0.2, 0.25) is 0 Å². The second-order valence-corrected chi connectivity index (χ2v) is 9.66. The molecular weight excluding hydrogens is 372 g/mol. The van der Waals surface area contributed by atoms with Gasteiger partial charge in [-0.25, -0.2) is 0 Å². The molecule has 3 aliphatic rings. The van der Waals surface area contributed by atoms with Crippen molar-refractivity contribution in [2.24, 2.45) is 17.3 Å². The van der Waals surface area contributed by atoms with Gasteiger partial charge in [0.15, 0.2) is 5.78 Å². The number of rotatable bonds is 3. The number of ketones is 1. The van der Waals surface area contributed by atoms with E-state index < -0.39 is 0 Å². The van der Waals surface area contributed by atoms with E-state index in [0.717, 1.165) is 54.8 Å².